The Morgan fingerprint density at radius 1 is 1.71 bits per heavy atom. The summed E-state index contributed by atoms with van der Waals surface area (Å²) in [6.07, 6.45) is 0.203. The first-order chi connectivity index (χ1) is 3.13. The van der Waals surface area contributed by atoms with E-state index in [1.165, 1.54) is 0 Å². The van der Waals surface area contributed by atoms with Crippen LogP contribution in [0.1, 0.15) is 13.8 Å². The minimum absolute atomic E-state index is 0.203. The molecule has 0 rings (SSSR count). The van der Waals surface area contributed by atoms with Crippen LogP contribution in [-0.2, 0) is 4.74 Å². The number of hydrogen-bond acceptors (Lipinski definition) is 2. The van der Waals surface area contributed by atoms with Gasteiger partial charge in [-0.25, -0.2) is 0 Å². The van der Waals surface area contributed by atoms with Crippen molar-refractivity contribution < 1.29 is 4.74 Å². The topological polar surface area (TPSA) is 9.23 Å². The predicted molar refractivity (Wildman–Crippen MR) is 34.6 cm³/mol. The summed E-state index contributed by atoms with van der Waals surface area (Å²) >= 11 is 7.17. The molecule has 0 heterocycles. The van der Waals surface area contributed by atoms with E-state index < -0.39 is 0 Å². The Morgan fingerprint density at radius 2 is 2.14 bits per heavy atom. The van der Waals surface area contributed by atoms with Crippen molar-refractivity contribution in [2.24, 2.45) is 0 Å². The molecule has 0 aliphatic carbocycles. The molecular weight excluding hydrogens is 175 g/mol. The van der Waals surface area contributed by atoms with Crippen LogP contribution in [0.5, 0.6) is 0 Å². The van der Waals surface area contributed by atoms with E-state index in [4.69, 9.17) is 4.74 Å². The monoisotopic (exact) mass is 183 g/mol. The Morgan fingerprint density at radius 3 is 2.14 bits per heavy atom. The molecule has 0 aliphatic rings. The quantitative estimate of drug-likeness (QED) is 0.439. The molecule has 0 spiro atoms. The fraction of sp³-hybridized carbons (Fsp3) is 0.750. The first-order valence-corrected chi connectivity index (χ1v) is 3.27. The summed E-state index contributed by atoms with van der Waals surface area (Å²) in [4.78, 5) is 0. The van der Waals surface area contributed by atoms with E-state index in [0.717, 1.165) is 0 Å². The fourth-order valence-corrected chi connectivity index (χ4v) is 0.789. The molecule has 0 saturated heterocycles. The van der Waals surface area contributed by atoms with Crippen molar-refractivity contribution in [1.82, 2.24) is 0 Å². The second kappa shape index (κ2) is 3.42. The second-order valence-corrected chi connectivity index (χ2v) is 3.15. The molecule has 0 saturated carbocycles. The Bertz CT molecular complexity index is 72.1. The van der Waals surface area contributed by atoms with Crippen LogP contribution in [0.3, 0.4) is 0 Å². The normalized spacial score (nSPS) is 9.00. The molecule has 41 valence electrons. The molecule has 0 aliphatic heterocycles. The first-order valence-electron chi connectivity index (χ1n) is 2.00. The van der Waals surface area contributed by atoms with Gasteiger partial charge in [0.15, 0.2) is 0 Å². The molecule has 0 amide bonds. The van der Waals surface area contributed by atoms with Gasteiger partial charge in [-0.1, -0.05) is 0 Å². The average molecular weight is 182 g/mol. The molecule has 3 heteroatoms. The first kappa shape index (κ1) is 7.41. The van der Waals surface area contributed by atoms with Gasteiger partial charge >= 0.3 is 56.9 Å². The third-order valence-electron chi connectivity index (χ3n) is 0.332. The van der Waals surface area contributed by atoms with Gasteiger partial charge in [-0.3, -0.25) is 0 Å². The van der Waals surface area contributed by atoms with Gasteiger partial charge in [0.1, 0.15) is 0 Å². The maximum absolute atomic E-state index is 4.93. The van der Waals surface area contributed by atoms with Gasteiger partial charge in [-0.05, 0) is 0 Å². The van der Waals surface area contributed by atoms with Crippen molar-refractivity contribution in [1.29, 1.82) is 0 Å². The summed E-state index contributed by atoms with van der Waals surface area (Å²) in [6, 6.07) is 0. The third-order valence-corrected chi connectivity index (χ3v) is 0.630. The summed E-state index contributed by atoms with van der Waals surface area (Å²) in [7, 11) is 0. The van der Waals surface area contributed by atoms with E-state index >= 15 is 0 Å². The fourth-order valence-electron chi connectivity index (χ4n) is 0.192. The van der Waals surface area contributed by atoms with Gasteiger partial charge < -0.3 is 0 Å². The molecule has 0 aromatic rings. The zero-order valence-electron chi connectivity index (χ0n) is 4.30. The molecule has 0 unspecified atom stereocenters. The molecule has 1 nitrogen and oxygen atoms in total. The number of hydrogen-bond donors (Lipinski definition) is 0. The van der Waals surface area contributed by atoms with Crippen molar-refractivity contribution in [3.8, 4) is 0 Å². The zero-order valence-corrected chi connectivity index (χ0v) is 6.83. The van der Waals surface area contributed by atoms with Gasteiger partial charge in [-0.2, -0.15) is 0 Å². The van der Waals surface area contributed by atoms with Gasteiger partial charge in [0.25, 0.3) is 0 Å². The van der Waals surface area contributed by atoms with Crippen LogP contribution in [0.25, 0.3) is 0 Å². The molecule has 1 radical (unpaired) electrons. The van der Waals surface area contributed by atoms with Crippen LogP contribution in [0.15, 0.2) is 0 Å². The van der Waals surface area contributed by atoms with Crippen LogP contribution >= 0.6 is 12.2 Å². The van der Waals surface area contributed by atoms with E-state index in [0.29, 0.717) is 3.95 Å². The molecule has 0 fully saturated rings. The van der Waals surface area contributed by atoms with E-state index in [9.17, 15) is 0 Å². The Kier molecular flexibility index (Phi) is 3.62. The standard InChI is InChI=1S/C4H7OSSe/c1-3(2)5-4(6)7/h3H,1-2H3. The van der Waals surface area contributed by atoms with Gasteiger partial charge in [-0.15, -0.1) is 0 Å². The van der Waals surface area contributed by atoms with E-state index in [2.05, 4.69) is 28.2 Å². The van der Waals surface area contributed by atoms with E-state index in [1.807, 2.05) is 13.8 Å². The third kappa shape index (κ3) is 6.41. The Hall–Kier alpha value is 0.409. The SMILES string of the molecule is CC(C)OC(=S)[Se]. The average Bonchev–Trinajstić information content (AvgIpc) is 1.27. The van der Waals surface area contributed by atoms with E-state index in [-0.39, 0.29) is 6.10 Å². The van der Waals surface area contributed by atoms with E-state index in [1.54, 1.807) is 0 Å². The number of ether oxygens (including phenoxy) is 1. The van der Waals surface area contributed by atoms with Crippen LogP contribution < -0.4 is 0 Å². The summed E-state index contributed by atoms with van der Waals surface area (Å²) in [5.74, 6) is 0. The molecule has 7 heavy (non-hydrogen) atoms. The van der Waals surface area contributed by atoms with Crippen molar-refractivity contribution in [2.45, 2.75) is 20.0 Å². The molecular formula is C4H7OSSe. The summed E-state index contributed by atoms with van der Waals surface area (Å²) in [6.45, 7) is 3.87. The number of rotatable bonds is 1. The minimum atomic E-state index is 0.203. The van der Waals surface area contributed by atoms with Gasteiger partial charge in [0.2, 0.25) is 0 Å². The van der Waals surface area contributed by atoms with Crippen molar-refractivity contribution in [3.05, 3.63) is 0 Å². The molecule has 0 bridgehead atoms. The summed E-state index contributed by atoms with van der Waals surface area (Å²) in [5, 5.41) is 0. The van der Waals surface area contributed by atoms with Crippen LogP contribution in [0.4, 0.5) is 0 Å². The van der Waals surface area contributed by atoms with Crippen molar-refractivity contribution in [3.63, 3.8) is 0 Å². The van der Waals surface area contributed by atoms with Crippen molar-refractivity contribution in [2.75, 3.05) is 0 Å². The van der Waals surface area contributed by atoms with Gasteiger partial charge in [0, 0.05) is 0 Å². The summed E-state index contributed by atoms with van der Waals surface area (Å²) in [5.41, 5.74) is 0. The Labute approximate surface area is 57.2 Å². The van der Waals surface area contributed by atoms with Crippen LogP contribution in [0, 0.1) is 0 Å². The second-order valence-electron chi connectivity index (χ2n) is 1.42. The predicted octanol–water partition coefficient (Wildman–Crippen LogP) is 0.865. The maximum atomic E-state index is 4.93. The van der Waals surface area contributed by atoms with Gasteiger partial charge in [0.05, 0.1) is 0 Å². The van der Waals surface area contributed by atoms with Crippen molar-refractivity contribution >= 4 is 32.2 Å². The van der Waals surface area contributed by atoms with Crippen LogP contribution in [-0.4, -0.2) is 26.1 Å². The zero-order chi connectivity index (χ0) is 5.86. The molecule has 0 N–H and O–H groups in total. The Balaban J connectivity index is 3.13. The molecule has 0 aromatic carbocycles. The summed E-state index contributed by atoms with van der Waals surface area (Å²) < 4.78 is 5.42. The van der Waals surface area contributed by atoms with Crippen LogP contribution in [0.2, 0.25) is 0 Å². The number of thiocarbonyl (C=S) groups is 1. The molecule has 0 atom stereocenters. The molecule has 0 aromatic heterocycles.